The minimum absolute atomic E-state index is 0.00650. The molecule has 180 valence electrons. The lowest BCUT2D eigenvalue weighted by Gasteiger charge is -2.30. The van der Waals surface area contributed by atoms with Gasteiger partial charge in [-0.15, -0.1) is 0 Å². The highest BCUT2D eigenvalue weighted by Gasteiger charge is 2.30. The van der Waals surface area contributed by atoms with Gasteiger partial charge in [0.15, 0.2) is 5.78 Å². The van der Waals surface area contributed by atoms with E-state index in [4.69, 9.17) is 0 Å². The van der Waals surface area contributed by atoms with E-state index in [1.165, 1.54) is 47.1 Å². The number of ketones is 1. The van der Waals surface area contributed by atoms with Crippen molar-refractivity contribution in [1.29, 1.82) is 0 Å². The largest absolute Gasteiger partial charge is 0.294 e. The van der Waals surface area contributed by atoms with Gasteiger partial charge in [-0.2, -0.15) is 0 Å². The lowest BCUT2D eigenvalue weighted by molar-refractivity contribution is -0.118. The van der Waals surface area contributed by atoms with Crippen molar-refractivity contribution >= 4 is 11.4 Å². The van der Waals surface area contributed by atoms with Crippen LogP contribution in [0.4, 0.5) is 0 Å². The van der Waals surface area contributed by atoms with Gasteiger partial charge in [0.2, 0.25) is 0 Å². The number of rotatable bonds is 8. The first-order valence-corrected chi connectivity index (χ1v) is 13.0. The minimum atomic E-state index is -0.0756. The van der Waals surface area contributed by atoms with Crippen molar-refractivity contribution in [3.63, 3.8) is 0 Å². The lowest BCUT2D eigenvalue weighted by Crippen LogP contribution is -2.20. The first kappa shape index (κ1) is 25.9. The molecular weight excluding hydrogens is 412 g/mol. The second-order valence-electron chi connectivity index (χ2n) is 10.4. The number of carbonyl (C=O) groups is 1. The molecule has 0 amide bonds. The molecule has 0 aromatic heterocycles. The Bertz CT molecular complexity index is 1080. The quantitative estimate of drug-likeness (QED) is 0.287. The second kappa shape index (κ2) is 11.6. The molecule has 2 aromatic carbocycles. The van der Waals surface area contributed by atoms with Gasteiger partial charge >= 0.3 is 0 Å². The number of allylic oxidation sites excluding steroid dienone is 5. The summed E-state index contributed by atoms with van der Waals surface area (Å²) in [6.07, 6.45) is 5.92. The van der Waals surface area contributed by atoms with Crippen LogP contribution in [0.5, 0.6) is 0 Å². The zero-order valence-electron chi connectivity index (χ0n) is 22.1. The Labute approximate surface area is 207 Å². The van der Waals surface area contributed by atoms with Crippen LogP contribution in [0, 0.1) is 18.8 Å². The Hall–Kier alpha value is -2.67. The van der Waals surface area contributed by atoms with Gasteiger partial charge < -0.3 is 0 Å². The molecule has 0 aliphatic heterocycles. The summed E-state index contributed by atoms with van der Waals surface area (Å²) in [6, 6.07) is 19.1. The lowest BCUT2D eigenvalue weighted by atomic mass is 9.73. The van der Waals surface area contributed by atoms with Gasteiger partial charge in [0, 0.05) is 17.4 Å². The highest BCUT2D eigenvalue weighted by molar-refractivity contribution is 6.04. The van der Waals surface area contributed by atoms with E-state index in [0.29, 0.717) is 5.92 Å². The van der Waals surface area contributed by atoms with E-state index in [-0.39, 0.29) is 17.6 Å². The normalized spacial score (nSPS) is 19.4. The van der Waals surface area contributed by atoms with Gasteiger partial charge in [0.05, 0.1) is 0 Å². The van der Waals surface area contributed by atoms with E-state index in [0.717, 1.165) is 29.6 Å². The molecule has 0 N–H and O–H groups in total. The summed E-state index contributed by atoms with van der Waals surface area (Å²) >= 11 is 0. The Balaban J connectivity index is 2.40. The highest BCUT2D eigenvalue weighted by Crippen LogP contribution is 2.44. The Morgan fingerprint density at radius 1 is 1.03 bits per heavy atom. The van der Waals surface area contributed by atoms with Crippen LogP contribution in [0.3, 0.4) is 0 Å². The zero-order chi connectivity index (χ0) is 24.8. The van der Waals surface area contributed by atoms with E-state index in [2.05, 4.69) is 82.8 Å². The van der Waals surface area contributed by atoms with Crippen LogP contribution < -0.4 is 0 Å². The Kier molecular flexibility index (Phi) is 8.89. The van der Waals surface area contributed by atoms with Crippen molar-refractivity contribution in [3.8, 4) is 0 Å². The van der Waals surface area contributed by atoms with Gasteiger partial charge in [-0.05, 0) is 73.3 Å². The van der Waals surface area contributed by atoms with Gasteiger partial charge in [-0.1, -0.05) is 106 Å². The van der Waals surface area contributed by atoms with Crippen molar-refractivity contribution in [1.82, 2.24) is 0 Å². The molecule has 1 aliphatic carbocycles. The fourth-order valence-electron chi connectivity index (χ4n) is 5.44. The third-order valence-electron chi connectivity index (χ3n) is 7.44. The van der Waals surface area contributed by atoms with Crippen LogP contribution in [-0.4, -0.2) is 5.78 Å². The summed E-state index contributed by atoms with van der Waals surface area (Å²) in [5.41, 5.74) is 9.43. The average Bonchev–Trinajstić information content (AvgIpc) is 2.84. The Morgan fingerprint density at radius 3 is 2.26 bits per heavy atom. The number of benzene rings is 2. The Morgan fingerprint density at radius 2 is 1.68 bits per heavy atom. The molecule has 1 heteroatoms. The van der Waals surface area contributed by atoms with Crippen molar-refractivity contribution in [3.05, 3.63) is 100 Å². The molecule has 0 spiro atoms. The first-order valence-electron chi connectivity index (χ1n) is 13.0. The van der Waals surface area contributed by atoms with Crippen LogP contribution in [-0.2, 0) is 4.79 Å². The number of aryl methyl sites for hydroxylation is 1. The molecule has 1 saturated carbocycles. The van der Waals surface area contributed by atoms with E-state index in [1.54, 1.807) is 0 Å². The van der Waals surface area contributed by atoms with E-state index >= 15 is 0 Å². The summed E-state index contributed by atoms with van der Waals surface area (Å²) < 4.78 is 0. The summed E-state index contributed by atoms with van der Waals surface area (Å²) in [4.78, 5) is 13.9. The second-order valence-corrected chi connectivity index (χ2v) is 10.4. The summed E-state index contributed by atoms with van der Waals surface area (Å²) in [6.45, 7) is 17.3. The third kappa shape index (κ3) is 5.69. The number of carbonyl (C=O) groups excluding carboxylic acids is 1. The van der Waals surface area contributed by atoms with Crippen LogP contribution in [0.2, 0.25) is 0 Å². The number of hydrogen-bond donors (Lipinski definition) is 0. The molecule has 0 radical (unpaired) electrons. The number of Topliss-reactive ketones (excluding diaryl/α,β-unsaturated/α-hetero) is 1. The molecule has 34 heavy (non-hydrogen) atoms. The molecule has 0 bridgehead atoms. The SMILES string of the molecule is C=C(C)C(/C(=C1/CCCC(CC)C1)c1ccccc1C)=C(\C(=O)C(C)C)C(C)c1ccccc1. The van der Waals surface area contributed by atoms with Gasteiger partial charge in [0.25, 0.3) is 0 Å². The predicted octanol–water partition coefficient (Wildman–Crippen LogP) is 9.25. The van der Waals surface area contributed by atoms with Crippen LogP contribution in [0.15, 0.2) is 83.5 Å². The maximum absolute atomic E-state index is 13.9. The summed E-state index contributed by atoms with van der Waals surface area (Å²) in [7, 11) is 0. The summed E-state index contributed by atoms with van der Waals surface area (Å²) in [5, 5.41) is 0. The highest BCUT2D eigenvalue weighted by atomic mass is 16.1. The smallest absolute Gasteiger partial charge is 0.162 e. The minimum Gasteiger partial charge on any atom is -0.294 e. The first-order chi connectivity index (χ1) is 16.3. The predicted molar refractivity (Wildman–Crippen MR) is 147 cm³/mol. The fourth-order valence-corrected chi connectivity index (χ4v) is 5.44. The molecule has 2 atom stereocenters. The standard InChI is InChI=1S/C33H42O/c1-8-26-16-14-19-28(21-26)32(29-20-13-12-15-24(29)6)30(22(2)3)31(33(34)23(4)5)25(7)27-17-10-9-11-18-27/h9-13,15,17-18,20,23,25-26H,2,8,14,16,19,21H2,1,3-7H3/b31-30+,32-28-. The average molecular weight is 455 g/mol. The van der Waals surface area contributed by atoms with Crippen LogP contribution in [0.1, 0.15) is 89.3 Å². The van der Waals surface area contributed by atoms with E-state index in [9.17, 15) is 4.79 Å². The van der Waals surface area contributed by atoms with Gasteiger partial charge in [-0.25, -0.2) is 0 Å². The van der Waals surface area contributed by atoms with Crippen molar-refractivity contribution in [2.45, 2.75) is 79.6 Å². The molecule has 1 aliphatic rings. The topological polar surface area (TPSA) is 17.1 Å². The maximum Gasteiger partial charge on any atom is 0.162 e. The zero-order valence-corrected chi connectivity index (χ0v) is 22.1. The molecule has 0 heterocycles. The molecule has 2 unspecified atom stereocenters. The molecule has 2 aromatic rings. The molecular formula is C33H42O. The van der Waals surface area contributed by atoms with Crippen molar-refractivity contribution in [2.24, 2.45) is 11.8 Å². The van der Waals surface area contributed by atoms with Crippen LogP contribution in [0.25, 0.3) is 5.57 Å². The molecule has 1 nitrogen and oxygen atoms in total. The molecule has 1 fully saturated rings. The third-order valence-corrected chi connectivity index (χ3v) is 7.44. The van der Waals surface area contributed by atoms with Gasteiger partial charge in [-0.3, -0.25) is 4.79 Å². The van der Waals surface area contributed by atoms with Crippen molar-refractivity contribution in [2.75, 3.05) is 0 Å². The fraction of sp³-hybridized carbons (Fsp3) is 0.424. The van der Waals surface area contributed by atoms with Crippen LogP contribution >= 0.6 is 0 Å². The molecule has 3 rings (SSSR count). The van der Waals surface area contributed by atoms with Crippen molar-refractivity contribution < 1.29 is 4.79 Å². The van der Waals surface area contributed by atoms with Gasteiger partial charge in [0.1, 0.15) is 0 Å². The van der Waals surface area contributed by atoms with E-state index < -0.39 is 0 Å². The van der Waals surface area contributed by atoms with E-state index in [1.807, 2.05) is 19.9 Å². The monoisotopic (exact) mass is 454 g/mol. The maximum atomic E-state index is 13.9. The summed E-state index contributed by atoms with van der Waals surface area (Å²) in [5.74, 6) is 0.857. The number of hydrogen-bond acceptors (Lipinski definition) is 1. The molecule has 0 saturated heterocycles.